The van der Waals surface area contributed by atoms with Gasteiger partial charge in [0.25, 0.3) is 18.6 Å². The third kappa shape index (κ3) is 3.52. The molecule has 0 spiro atoms. The Hall–Kier alpha value is -2.93. The van der Waals surface area contributed by atoms with Crippen LogP contribution in [0.2, 0.25) is 0 Å². The van der Waals surface area contributed by atoms with Crippen LogP contribution in [0.3, 0.4) is 0 Å². The zero-order chi connectivity index (χ0) is 17.9. The Morgan fingerprint density at radius 3 is 2.92 bits per heavy atom. The van der Waals surface area contributed by atoms with Gasteiger partial charge < -0.3 is 9.64 Å². The first-order chi connectivity index (χ1) is 12.7. The van der Waals surface area contributed by atoms with Crippen LogP contribution in [0.1, 0.15) is 5.56 Å². The molecular formula is C19H20N3O4+. The fraction of sp³-hybridized carbons (Fsp3) is 0.316. The van der Waals surface area contributed by atoms with Crippen molar-refractivity contribution in [2.24, 2.45) is 0 Å². The first-order valence-electron chi connectivity index (χ1n) is 8.63. The molecule has 7 nitrogen and oxygen atoms in total. The zero-order valence-electron chi connectivity index (χ0n) is 14.3. The molecule has 134 valence electrons. The number of ether oxygens (including phenoxy) is 1. The van der Waals surface area contributed by atoms with Crippen LogP contribution in [-0.2, 0) is 22.5 Å². The lowest BCUT2D eigenvalue weighted by Gasteiger charge is -2.32. The Morgan fingerprint density at radius 2 is 2.08 bits per heavy atom. The summed E-state index contributed by atoms with van der Waals surface area (Å²) in [6, 6.07) is 14.5. The minimum absolute atomic E-state index is 0.0483. The van der Waals surface area contributed by atoms with Gasteiger partial charge in [-0.05, 0) is 21.6 Å². The number of morpholine rings is 1. The number of rotatable bonds is 4. The summed E-state index contributed by atoms with van der Waals surface area (Å²) in [5.41, 5.74) is 0.713. The molecule has 2 aromatic carbocycles. The Bertz CT molecular complexity index is 973. The van der Waals surface area contributed by atoms with Crippen molar-refractivity contribution in [3.8, 4) is 0 Å². The maximum Gasteiger partial charge on any atom is 0.426 e. The number of hydrogen-bond acceptors (Lipinski definition) is 4. The molecule has 4 rings (SSSR count). The quantitative estimate of drug-likeness (QED) is 0.706. The Balaban J connectivity index is 1.44. The molecule has 26 heavy (non-hydrogen) atoms. The van der Waals surface area contributed by atoms with Crippen molar-refractivity contribution in [3.63, 3.8) is 0 Å². The number of H-pyrrole nitrogens is 1. The van der Waals surface area contributed by atoms with Gasteiger partial charge in [0.15, 0.2) is 0 Å². The van der Waals surface area contributed by atoms with E-state index in [9.17, 15) is 9.59 Å². The zero-order valence-corrected chi connectivity index (χ0v) is 14.3. The molecule has 7 heteroatoms. The van der Waals surface area contributed by atoms with E-state index in [4.69, 9.17) is 4.74 Å². The number of nitrogens with zero attached hydrogens (tertiary/aromatic N) is 2. The summed E-state index contributed by atoms with van der Waals surface area (Å²) in [5, 5.41) is 4.82. The van der Waals surface area contributed by atoms with E-state index < -0.39 is 5.63 Å². The summed E-state index contributed by atoms with van der Waals surface area (Å²) in [6.07, 6.45) is 1.93. The number of amides is 1. The predicted molar refractivity (Wildman–Crippen MR) is 93.5 cm³/mol. The van der Waals surface area contributed by atoms with Crippen molar-refractivity contribution in [1.82, 2.24) is 10.2 Å². The highest BCUT2D eigenvalue weighted by atomic mass is 16.5. The van der Waals surface area contributed by atoms with Gasteiger partial charge in [-0.1, -0.05) is 47.1 Å². The molecule has 1 saturated heterocycles. The van der Waals surface area contributed by atoms with E-state index in [1.165, 1.54) is 27.2 Å². The van der Waals surface area contributed by atoms with Gasteiger partial charge in [-0.15, -0.1) is 0 Å². The van der Waals surface area contributed by atoms with Crippen LogP contribution in [0.5, 0.6) is 0 Å². The average Bonchev–Trinajstić information content (AvgIpc) is 3.07. The molecule has 1 amide bonds. The molecule has 3 aromatic rings. The van der Waals surface area contributed by atoms with Crippen molar-refractivity contribution < 1.29 is 18.7 Å². The van der Waals surface area contributed by atoms with Gasteiger partial charge in [-0.25, -0.2) is 4.79 Å². The lowest BCUT2D eigenvalue weighted by molar-refractivity contribution is -0.751. The van der Waals surface area contributed by atoms with Crippen molar-refractivity contribution in [3.05, 3.63) is 64.6 Å². The highest BCUT2D eigenvalue weighted by Gasteiger charge is 2.27. The molecule has 1 aliphatic heterocycles. The average molecular weight is 354 g/mol. The van der Waals surface area contributed by atoms with E-state index in [1.807, 2.05) is 12.1 Å². The fourth-order valence-corrected chi connectivity index (χ4v) is 3.39. The molecule has 0 saturated carbocycles. The van der Waals surface area contributed by atoms with Crippen molar-refractivity contribution in [2.45, 2.75) is 19.1 Å². The summed E-state index contributed by atoms with van der Waals surface area (Å²) < 4.78 is 11.8. The first kappa shape index (κ1) is 16.5. The number of hydrogen-bond donors (Lipinski definition) is 1. The first-order valence-corrected chi connectivity index (χ1v) is 8.63. The minimum Gasteiger partial charge on any atom is -0.374 e. The van der Waals surface area contributed by atoms with Gasteiger partial charge >= 0.3 is 5.63 Å². The number of aromatic amines is 1. The van der Waals surface area contributed by atoms with Gasteiger partial charge in [-0.2, -0.15) is 0 Å². The molecule has 1 aliphatic rings. The SMILES string of the molecule is O=C(C[n+]1cc(=O)o[nH]1)N1CCO[C@H](Cc2cccc3ccccc23)C1. The lowest BCUT2D eigenvalue weighted by atomic mass is 9.99. The molecule has 1 fully saturated rings. The number of nitrogens with one attached hydrogen (secondary N) is 1. The van der Waals surface area contributed by atoms with Gasteiger partial charge in [-0.3, -0.25) is 9.32 Å². The van der Waals surface area contributed by atoms with Crippen molar-refractivity contribution >= 4 is 16.7 Å². The Labute approximate surface area is 149 Å². The standard InChI is InChI=1S/C19H19N3O4/c23-18(12-22-13-19(24)26-20-22)21-8-9-25-16(11-21)10-15-6-3-5-14-4-1-2-7-17(14)15/h1-7,13,16H,8-12H2/p+1/t16-/m1/s1. The Kier molecular flexibility index (Phi) is 4.53. The van der Waals surface area contributed by atoms with Crippen LogP contribution >= 0.6 is 0 Å². The summed E-state index contributed by atoms with van der Waals surface area (Å²) in [4.78, 5) is 25.3. The monoisotopic (exact) mass is 354 g/mol. The molecule has 0 radical (unpaired) electrons. The molecule has 0 aliphatic carbocycles. The van der Waals surface area contributed by atoms with Crippen LogP contribution in [0.4, 0.5) is 0 Å². The second-order valence-electron chi connectivity index (χ2n) is 6.44. The number of fused-ring (bicyclic) bond motifs is 1. The largest absolute Gasteiger partial charge is 0.426 e. The van der Waals surface area contributed by atoms with Gasteiger partial charge in [0.1, 0.15) is 0 Å². The van der Waals surface area contributed by atoms with Gasteiger partial charge in [0.2, 0.25) is 0 Å². The van der Waals surface area contributed by atoms with E-state index in [0.717, 1.165) is 6.42 Å². The summed E-state index contributed by atoms with van der Waals surface area (Å²) in [7, 11) is 0. The summed E-state index contributed by atoms with van der Waals surface area (Å²) in [5.74, 6) is -0.0710. The molecule has 1 N–H and O–H groups in total. The second kappa shape index (κ2) is 7.13. The van der Waals surface area contributed by atoms with Gasteiger partial charge in [0, 0.05) is 19.5 Å². The van der Waals surface area contributed by atoms with E-state index in [1.54, 1.807) is 4.90 Å². The topological polar surface area (TPSA) is 79.4 Å². The number of carbonyl (C=O) groups excluding carboxylic acids is 1. The van der Waals surface area contributed by atoms with Crippen LogP contribution in [-0.4, -0.2) is 41.9 Å². The predicted octanol–water partition coefficient (Wildman–Crippen LogP) is 0.879. The van der Waals surface area contributed by atoms with E-state index in [2.05, 4.69) is 40.1 Å². The lowest BCUT2D eigenvalue weighted by Crippen LogP contribution is -2.51. The summed E-state index contributed by atoms with van der Waals surface area (Å²) in [6.45, 7) is 1.64. The third-order valence-electron chi connectivity index (χ3n) is 4.65. The maximum atomic E-state index is 12.5. The molecule has 1 aromatic heterocycles. The normalized spacial score (nSPS) is 17.5. The highest BCUT2D eigenvalue weighted by Crippen LogP contribution is 2.21. The molecule has 0 bridgehead atoms. The number of carbonyl (C=O) groups is 1. The minimum atomic E-state index is -0.506. The van der Waals surface area contributed by atoms with Gasteiger partial charge in [0.05, 0.1) is 12.7 Å². The number of benzene rings is 2. The molecule has 2 heterocycles. The fourth-order valence-electron chi connectivity index (χ4n) is 3.39. The van der Waals surface area contributed by atoms with Crippen molar-refractivity contribution in [2.75, 3.05) is 19.7 Å². The molecular weight excluding hydrogens is 334 g/mol. The van der Waals surface area contributed by atoms with Crippen molar-refractivity contribution in [1.29, 1.82) is 0 Å². The number of aromatic nitrogens is 2. The van der Waals surface area contributed by atoms with Crippen LogP contribution < -0.4 is 10.3 Å². The van der Waals surface area contributed by atoms with Crippen LogP contribution in [0.25, 0.3) is 10.8 Å². The highest BCUT2D eigenvalue weighted by molar-refractivity contribution is 5.85. The smallest absolute Gasteiger partial charge is 0.374 e. The van der Waals surface area contributed by atoms with E-state index >= 15 is 0 Å². The Morgan fingerprint density at radius 1 is 1.23 bits per heavy atom. The van der Waals surface area contributed by atoms with E-state index in [0.29, 0.717) is 19.7 Å². The third-order valence-corrected chi connectivity index (χ3v) is 4.65. The summed E-state index contributed by atoms with van der Waals surface area (Å²) >= 11 is 0. The molecule has 1 atom stereocenters. The van der Waals surface area contributed by atoms with E-state index in [-0.39, 0.29) is 18.6 Å². The second-order valence-corrected chi connectivity index (χ2v) is 6.44. The van der Waals surface area contributed by atoms with Crippen LogP contribution in [0, 0.1) is 0 Å². The van der Waals surface area contributed by atoms with Crippen LogP contribution in [0.15, 0.2) is 58.0 Å². The maximum absolute atomic E-state index is 12.5. The molecule has 0 unspecified atom stereocenters.